The Hall–Kier alpha value is -0.0100. The van der Waals surface area contributed by atoms with E-state index < -0.39 is 0 Å². The van der Waals surface area contributed by atoms with Gasteiger partial charge in [0.1, 0.15) is 0 Å². The molecule has 106 valence electrons. The molecule has 1 rings (SSSR count). The number of methoxy groups -OCH3 is 2. The summed E-state index contributed by atoms with van der Waals surface area (Å²) < 4.78 is 10.5. The predicted octanol–water partition coefficient (Wildman–Crippen LogP) is 3.13. The standard InChI is InChI=1S/C12H19NO2S.2H2S/c1-9(12(15-4)5-6-14-3)7-11-8-16-10(2)13-11;;/h7-8,12H,5-6H2,1-4H3;2*1H2/b9-7+;;/t12-;;/m0../s1. The molecular formula is C12H23NO2S3. The minimum atomic E-state index is 0. The van der Waals surface area contributed by atoms with Crippen LogP contribution >= 0.6 is 38.3 Å². The molecule has 1 heterocycles. The summed E-state index contributed by atoms with van der Waals surface area (Å²) in [5.74, 6) is 0. The first kappa shape index (κ1) is 20.3. The first-order valence-corrected chi connectivity index (χ1v) is 6.17. The first-order valence-electron chi connectivity index (χ1n) is 5.29. The molecule has 0 N–H and O–H groups in total. The van der Waals surface area contributed by atoms with Gasteiger partial charge in [-0.15, -0.1) is 11.3 Å². The van der Waals surface area contributed by atoms with Crippen molar-refractivity contribution in [1.82, 2.24) is 4.98 Å². The smallest absolute Gasteiger partial charge is 0.0901 e. The molecule has 0 aliphatic carbocycles. The maximum absolute atomic E-state index is 5.42. The van der Waals surface area contributed by atoms with Gasteiger partial charge in [-0.25, -0.2) is 4.98 Å². The van der Waals surface area contributed by atoms with Crippen LogP contribution in [-0.4, -0.2) is 31.9 Å². The van der Waals surface area contributed by atoms with Crippen molar-refractivity contribution >= 4 is 44.4 Å². The molecule has 0 saturated carbocycles. The average Bonchev–Trinajstić information content (AvgIpc) is 2.65. The van der Waals surface area contributed by atoms with Gasteiger partial charge in [-0.1, -0.05) is 0 Å². The molecule has 1 aromatic heterocycles. The van der Waals surface area contributed by atoms with E-state index in [4.69, 9.17) is 9.47 Å². The maximum atomic E-state index is 5.42. The number of ether oxygens (including phenoxy) is 2. The van der Waals surface area contributed by atoms with E-state index >= 15 is 0 Å². The molecule has 0 aliphatic rings. The van der Waals surface area contributed by atoms with E-state index in [9.17, 15) is 0 Å². The molecular weight excluding hydrogens is 286 g/mol. The second-order valence-corrected chi connectivity index (χ2v) is 4.75. The second kappa shape index (κ2) is 10.9. The van der Waals surface area contributed by atoms with Crippen LogP contribution < -0.4 is 0 Å². The summed E-state index contributed by atoms with van der Waals surface area (Å²) in [6, 6.07) is 0. The fourth-order valence-electron chi connectivity index (χ4n) is 1.53. The highest BCUT2D eigenvalue weighted by molar-refractivity contribution is 7.59. The Kier molecular flexibility index (Phi) is 12.3. The number of hydrogen-bond acceptors (Lipinski definition) is 4. The van der Waals surface area contributed by atoms with Gasteiger partial charge in [-0.05, 0) is 25.5 Å². The fourth-order valence-corrected chi connectivity index (χ4v) is 2.10. The lowest BCUT2D eigenvalue weighted by Crippen LogP contribution is -2.14. The van der Waals surface area contributed by atoms with Crippen LogP contribution in [0.5, 0.6) is 0 Å². The van der Waals surface area contributed by atoms with Crippen molar-refractivity contribution < 1.29 is 9.47 Å². The number of hydrogen-bond donors (Lipinski definition) is 0. The molecule has 0 saturated heterocycles. The van der Waals surface area contributed by atoms with Crippen LogP contribution in [0.15, 0.2) is 11.0 Å². The van der Waals surface area contributed by atoms with Gasteiger partial charge in [0.15, 0.2) is 0 Å². The molecule has 0 fully saturated rings. The molecule has 0 unspecified atom stereocenters. The average molecular weight is 310 g/mol. The molecule has 0 spiro atoms. The van der Waals surface area contributed by atoms with Crippen LogP contribution in [0.25, 0.3) is 6.08 Å². The molecule has 1 aromatic rings. The van der Waals surface area contributed by atoms with Crippen molar-refractivity contribution in [2.24, 2.45) is 0 Å². The SMILES string of the molecule is COCC[C@H](OC)/C(C)=C/c1csc(C)n1.S.S. The van der Waals surface area contributed by atoms with Crippen molar-refractivity contribution in [3.8, 4) is 0 Å². The number of aromatic nitrogens is 1. The van der Waals surface area contributed by atoms with E-state index in [0.29, 0.717) is 6.61 Å². The van der Waals surface area contributed by atoms with Crippen molar-refractivity contribution in [1.29, 1.82) is 0 Å². The molecule has 0 bridgehead atoms. The first-order chi connectivity index (χ1) is 7.67. The summed E-state index contributed by atoms with van der Waals surface area (Å²) in [5, 5.41) is 3.15. The van der Waals surface area contributed by atoms with E-state index in [1.54, 1.807) is 25.6 Å². The van der Waals surface area contributed by atoms with Crippen LogP contribution in [-0.2, 0) is 9.47 Å². The highest BCUT2D eigenvalue weighted by Gasteiger charge is 2.09. The van der Waals surface area contributed by atoms with Crippen LogP contribution in [0.4, 0.5) is 0 Å². The number of thiazole rings is 1. The van der Waals surface area contributed by atoms with Gasteiger partial charge in [-0.2, -0.15) is 27.0 Å². The van der Waals surface area contributed by atoms with E-state index in [1.807, 2.05) is 6.92 Å². The van der Waals surface area contributed by atoms with E-state index in [1.165, 1.54) is 5.57 Å². The summed E-state index contributed by atoms with van der Waals surface area (Å²) in [5.41, 5.74) is 2.20. The van der Waals surface area contributed by atoms with Gasteiger partial charge in [0.2, 0.25) is 0 Å². The third-order valence-electron chi connectivity index (χ3n) is 2.39. The zero-order chi connectivity index (χ0) is 12.0. The van der Waals surface area contributed by atoms with Crippen molar-refractivity contribution in [2.45, 2.75) is 26.4 Å². The summed E-state index contributed by atoms with van der Waals surface area (Å²) in [6.45, 7) is 4.79. The summed E-state index contributed by atoms with van der Waals surface area (Å²) in [6.07, 6.45) is 3.06. The minimum Gasteiger partial charge on any atom is -0.385 e. The Labute approximate surface area is 127 Å². The second-order valence-electron chi connectivity index (χ2n) is 3.69. The third kappa shape index (κ3) is 6.80. The van der Waals surface area contributed by atoms with Crippen LogP contribution in [0.1, 0.15) is 24.0 Å². The highest BCUT2D eigenvalue weighted by atomic mass is 32.1. The quantitative estimate of drug-likeness (QED) is 0.809. The Morgan fingerprint density at radius 2 is 2.11 bits per heavy atom. The molecule has 6 heteroatoms. The Balaban J connectivity index is 0. The van der Waals surface area contributed by atoms with Gasteiger partial charge >= 0.3 is 0 Å². The van der Waals surface area contributed by atoms with Gasteiger partial charge in [0.25, 0.3) is 0 Å². The fraction of sp³-hybridized carbons (Fsp3) is 0.583. The van der Waals surface area contributed by atoms with Gasteiger partial charge in [0, 0.05) is 32.6 Å². The zero-order valence-corrected chi connectivity index (χ0v) is 14.1. The van der Waals surface area contributed by atoms with Crippen LogP contribution in [0.3, 0.4) is 0 Å². The molecule has 1 atom stereocenters. The minimum absolute atomic E-state index is 0. The number of aryl methyl sites for hydroxylation is 1. The van der Waals surface area contributed by atoms with Gasteiger partial charge in [-0.3, -0.25) is 0 Å². The molecule has 0 aliphatic heterocycles. The van der Waals surface area contributed by atoms with E-state index in [-0.39, 0.29) is 33.1 Å². The Morgan fingerprint density at radius 3 is 2.56 bits per heavy atom. The number of rotatable bonds is 6. The van der Waals surface area contributed by atoms with Crippen LogP contribution in [0, 0.1) is 6.92 Å². The lowest BCUT2D eigenvalue weighted by atomic mass is 10.1. The normalized spacial score (nSPS) is 12.6. The lowest BCUT2D eigenvalue weighted by Gasteiger charge is -2.15. The monoisotopic (exact) mass is 309 g/mol. The van der Waals surface area contributed by atoms with E-state index in [2.05, 4.69) is 23.4 Å². The largest absolute Gasteiger partial charge is 0.385 e. The van der Waals surface area contributed by atoms with Crippen molar-refractivity contribution in [3.05, 3.63) is 21.7 Å². The number of nitrogens with zero attached hydrogens (tertiary/aromatic N) is 1. The third-order valence-corrected chi connectivity index (χ3v) is 3.18. The lowest BCUT2D eigenvalue weighted by molar-refractivity contribution is 0.0899. The van der Waals surface area contributed by atoms with Crippen molar-refractivity contribution in [2.75, 3.05) is 20.8 Å². The molecule has 0 aromatic carbocycles. The highest BCUT2D eigenvalue weighted by Crippen LogP contribution is 2.16. The summed E-state index contributed by atoms with van der Waals surface area (Å²) in [7, 11) is 3.43. The van der Waals surface area contributed by atoms with Gasteiger partial charge in [0.05, 0.1) is 16.8 Å². The molecule has 0 radical (unpaired) electrons. The summed E-state index contributed by atoms with van der Waals surface area (Å²) in [4.78, 5) is 4.40. The summed E-state index contributed by atoms with van der Waals surface area (Å²) >= 11 is 1.66. The molecule has 18 heavy (non-hydrogen) atoms. The van der Waals surface area contributed by atoms with E-state index in [0.717, 1.165) is 17.1 Å². The van der Waals surface area contributed by atoms with Crippen molar-refractivity contribution in [3.63, 3.8) is 0 Å². The Morgan fingerprint density at radius 1 is 1.44 bits per heavy atom. The predicted molar refractivity (Wildman–Crippen MR) is 88.6 cm³/mol. The van der Waals surface area contributed by atoms with Crippen LogP contribution in [0.2, 0.25) is 0 Å². The molecule has 0 amide bonds. The molecule has 3 nitrogen and oxygen atoms in total. The topological polar surface area (TPSA) is 31.4 Å². The maximum Gasteiger partial charge on any atom is 0.0901 e. The Bertz CT molecular complexity index is 353. The zero-order valence-electron chi connectivity index (χ0n) is 11.3. The van der Waals surface area contributed by atoms with Gasteiger partial charge < -0.3 is 9.47 Å².